The number of aryl methyl sites for hydroxylation is 1. The summed E-state index contributed by atoms with van der Waals surface area (Å²) in [5, 5.41) is 21.8. The van der Waals surface area contributed by atoms with Crippen molar-refractivity contribution in [2.45, 2.75) is 6.92 Å². The second kappa shape index (κ2) is 3.52. The Morgan fingerprint density at radius 1 is 1.53 bits per heavy atom. The molecule has 2 rings (SSSR count). The molecule has 0 aliphatic carbocycles. The first-order chi connectivity index (χ1) is 7.16. The summed E-state index contributed by atoms with van der Waals surface area (Å²) < 4.78 is 6.31. The van der Waals surface area contributed by atoms with Gasteiger partial charge in [0, 0.05) is 6.07 Å². The SMILES string of the molecule is Cc1nnc2ccc(OCC(=O)[O-])nn12. The monoisotopic (exact) mass is 207 g/mol. The zero-order chi connectivity index (χ0) is 10.8. The number of ether oxygens (including phenoxy) is 1. The zero-order valence-electron chi connectivity index (χ0n) is 7.88. The maximum absolute atomic E-state index is 10.2. The third-order valence-electron chi connectivity index (χ3n) is 1.73. The molecule has 0 amide bonds. The smallest absolute Gasteiger partial charge is 0.232 e. The van der Waals surface area contributed by atoms with Gasteiger partial charge in [0.2, 0.25) is 5.88 Å². The molecule has 0 aromatic carbocycles. The molecule has 2 heterocycles. The number of aromatic nitrogens is 4. The van der Waals surface area contributed by atoms with Crippen LogP contribution in [0.2, 0.25) is 0 Å². The molecule has 0 spiro atoms. The van der Waals surface area contributed by atoms with E-state index in [-0.39, 0.29) is 5.88 Å². The lowest BCUT2D eigenvalue weighted by Gasteiger charge is -2.05. The molecule has 0 fully saturated rings. The Kier molecular flexibility index (Phi) is 2.20. The highest BCUT2D eigenvalue weighted by molar-refractivity contribution is 5.65. The number of aliphatic carboxylic acids is 1. The van der Waals surface area contributed by atoms with Crippen LogP contribution in [0.5, 0.6) is 5.88 Å². The average Bonchev–Trinajstić information content (AvgIpc) is 2.57. The summed E-state index contributed by atoms with van der Waals surface area (Å²) in [6.07, 6.45) is 0. The molecule has 0 aliphatic heterocycles. The molecule has 0 N–H and O–H groups in total. The first-order valence-electron chi connectivity index (χ1n) is 4.18. The topological polar surface area (TPSA) is 92.4 Å². The fraction of sp³-hybridized carbons (Fsp3) is 0.250. The predicted octanol–water partition coefficient (Wildman–Crippen LogP) is -1.44. The first kappa shape index (κ1) is 9.38. The number of rotatable bonds is 3. The second-order valence-corrected chi connectivity index (χ2v) is 2.85. The van der Waals surface area contributed by atoms with Crippen LogP contribution in [0.4, 0.5) is 0 Å². The highest BCUT2D eigenvalue weighted by Crippen LogP contribution is 2.08. The number of nitrogens with zero attached hydrogens (tertiary/aromatic N) is 4. The van der Waals surface area contributed by atoms with E-state index in [4.69, 9.17) is 4.74 Å². The molecule has 0 radical (unpaired) electrons. The van der Waals surface area contributed by atoms with Gasteiger partial charge in [-0.2, -0.15) is 4.52 Å². The van der Waals surface area contributed by atoms with E-state index >= 15 is 0 Å². The van der Waals surface area contributed by atoms with Gasteiger partial charge in [0.15, 0.2) is 11.5 Å². The Morgan fingerprint density at radius 2 is 2.33 bits per heavy atom. The molecular formula is C8H7N4O3-. The summed E-state index contributed by atoms with van der Waals surface area (Å²) in [5.41, 5.74) is 0.577. The summed E-state index contributed by atoms with van der Waals surface area (Å²) in [4.78, 5) is 10.2. The van der Waals surface area contributed by atoms with Crippen LogP contribution in [0.3, 0.4) is 0 Å². The lowest BCUT2D eigenvalue weighted by atomic mass is 10.5. The summed E-state index contributed by atoms with van der Waals surface area (Å²) >= 11 is 0. The molecule has 78 valence electrons. The van der Waals surface area contributed by atoms with Crippen molar-refractivity contribution in [3.05, 3.63) is 18.0 Å². The van der Waals surface area contributed by atoms with E-state index in [1.807, 2.05) is 0 Å². The Balaban J connectivity index is 2.29. The van der Waals surface area contributed by atoms with E-state index in [9.17, 15) is 9.90 Å². The second-order valence-electron chi connectivity index (χ2n) is 2.85. The standard InChI is InChI=1S/C8H8N4O3/c1-5-9-10-6-2-3-7(11-12(5)6)15-4-8(13)14/h2-3H,4H2,1H3,(H,13,14)/p-1. The van der Waals surface area contributed by atoms with Gasteiger partial charge in [0.25, 0.3) is 0 Å². The number of carbonyl (C=O) groups excluding carboxylic acids is 1. The van der Waals surface area contributed by atoms with Crippen molar-refractivity contribution in [2.24, 2.45) is 0 Å². The summed E-state index contributed by atoms with van der Waals surface area (Å²) in [7, 11) is 0. The molecule has 0 unspecified atom stereocenters. The van der Waals surface area contributed by atoms with Gasteiger partial charge in [-0.25, -0.2) is 0 Å². The Labute approximate surface area is 84.3 Å². The molecule has 0 atom stereocenters. The van der Waals surface area contributed by atoms with Crippen LogP contribution in [0.1, 0.15) is 5.82 Å². The lowest BCUT2D eigenvalue weighted by Crippen LogP contribution is -2.29. The normalized spacial score (nSPS) is 10.5. The van der Waals surface area contributed by atoms with E-state index in [1.165, 1.54) is 10.6 Å². The van der Waals surface area contributed by atoms with Crippen molar-refractivity contribution in [3.8, 4) is 5.88 Å². The molecule has 7 heteroatoms. The fourth-order valence-corrected chi connectivity index (χ4v) is 1.09. The van der Waals surface area contributed by atoms with Gasteiger partial charge < -0.3 is 14.6 Å². The number of carboxylic acids is 1. The molecule has 0 saturated heterocycles. The van der Waals surface area contributed by atoms with Crippen molar-refractivity contribution >= 4 is 11.6 Å². The van der Waals surface area contributed by atoms with Crippen LogP contribution in [-0.4, -0.2) is 32.4 Å². The van der Waals surface area contributed by atoms with Crippen LogP contribution in [-0.2, 0) is 4.79 Å². The number of fused-ring (bicyclic) bond motifs is 1. The van der Waals surface area contributed by atoms with Gasteiger partial charge in [-0.3, -0.25) is 0 Å². The predicted molar refractivity (Wildman–Crippen MR) is 46.0 cm³/mol. The van der Waals surface area contributed by atoms with E-state index < -0.39 is 12.6 Å². The molecule has 2 aromatic heterocycles. The molecule has 0 saturated carbocycles. The number of hydrogen-bond donors (Lipinski definition) is 0. The summed E-state index contributed by atoms with van der Waals surface area (Å²) in [6.45, 7) is 1.20. The van der Waals surface area contributed by atoms with Crippen LogP contribution in [0.15, 0.2) is 12.1 Å². The van der Waals surface area contributed by atoms with Crippen molar-refractivity contribution in [1.29, 1.82) is 0 Å². The van der Waals surface area contributed by atoms with E-state index in [1.54, 1.807) is 13.0 Å². The number of carbonyl (C=O) groups is 1. The van der Waals surface area contributed by atoms with E-state index in [2.05, 4.69) is 15.3 Å². The van der Waals surface area contributed by atoms with Crippen LogP contribution >= 0.6 is 0 Å². The minimum Gasteiger partial charge on any atom is -0.546 e. The fourth-order valence-electron chi connectivity index (χ4n) is 1.09. The lowest BCUT2D eigenvalue weighted by molar-refractivity contribution is -0.307. The van der Waals surface area contributed by atoms with E-state index in [0.29, 0.717) is 11.5 Å². The van der Waals surface area contributed by atoms with Gasteiger partial charge in [0.05, 0.1) is 5.97 Å². The average molecular weight is 207 g/mol. The highest BCUT2D eigenvalue weighted by atomic mass is 16.5. The number of carboxylic acid groups (broad SMARTS) is 1. The minimum atomic E-state index is -1.29. The van der Waals surface area contributed by atoms with Crippen LogP contribution < -0.4 is 9.84 Å². The Bertz CT molecular complexity index is 508. The maximum Gasteiger partial charge on any atom is 0.232 e. The summed E-state index contributed by atoms with van der Waals surface area (Å²) in [5.74, 6) is -0.504. The van der Waals surface area contributed by atoms with Crippen molar-refractivity contribution in [2.75, 3.05) is 6.61 Å². The maximum atomic E-state index is 10.2. The van der Waals surface area contributed by atoms with Crippen LogP contribution in [0.25, 0.3) is 5.65 Å². The Hall–Kier alpha value is -2.18. The van der Waals surface area contributed by atoms with Crippen LogP contribution in [0, 0.1) is 6.92 Å². The van der Waals surface area contributed by atoms with Gasteiger partial charge >= 0.3 is 0 Å². The molecular weight excluding hydrogens is 200 g/mol. The molecule has 7 nitrogen and oxygen atoms in total. The van der Waals surface area contributed by atoms with Crippen molar-refractivity contribution in [3.63, 3.8) is 0 Å². The number of hydrogen-bond acceptors (Lipinski definition) is 6. The molecule has 0 aliphatic rings. The van der Waals surface area contributed by atoms with Gasteiger partial charge in [-0.15, -0.1) is 15.3 Å². The molecule has 0 bridgehead atoms. The van der Waals surface area contributed by atoms with E-state index in [0.717, 1.165) is 0 Å². The van der Waals surface area contributed by atoms with Crippen molar-refractivity contribution in [1.82, 2.24) is 19.8 Å². The largest absolute Gasteiger partial charge is 0.546 e. The third kappa shape index (κ3) is 1.85. The van der Waals surface area contributed by atoms with Gasteiger partial charge in [0.1, 0.15) is 6.61 Å². The minimum absolute atomic E-state index is 0.189. The quantitative estimate of drug-likeness (QED) is 0.612. The third-order valence-corrected chi connectivity index (χ3v) is 1.73. The van der Waals surface area contributed by atoms with Crippen molar-refractivity contribution < 1.29 is 14.6 Å². The molecule has 2 aromatic rings. The molecule has 15 heavy (non-hydrogen) atoms. The zero-order valence-corrected chi connectivity index (χ0v) is 7.88. The van der Waals surface area contributed by atoms with Gasteiger partial charge in [-0.1, -0.05) is 0 Å². The first-order valence-corrected chi connectivity index (χ1v) is 4.18. The summed E-state index contributed by atoms with van der Waals surface area (Å²) in [6, 6.07) is 3.16. The van der Waals surface area contributed by atoms with Gasteiger partial charge in [-0.05, 0) is 13.0 Å². The Morgan fingerprint density at radius 3 is 3.07 bits per heavy atom. The highest BCUT2D eigenvalue weighted by Gasteiger charge is 2.03.